The average molecular weight is 334 g/mol. The van der Waals surface area contributed by atoms with Gasteiger partial charge < -0.3 is 10.2 Å². The number of rotatable bonds is 7. The van der Waals surface area contributed by atoms with E-state index in [1.54, 1.807) is 47.8 Å². The van der Waals surface area contributed by atoms with Gasteiger partial charge in [0.1, 0.15) is 17.3 Å². The molecule has 0 bridgehead atoms. The highest BCUT2D eigenvalue weighted by atomic mass is 32.2. The Morgan fingerprint density at radius 2 is 1.32 bits per heavy atom. The van der Waals surface area contributed by atoms with E-state index in [1.807, 2.05) is 31.2 Å². The fourth-order valence-corrected chi connectivity index (χ4v) is 4.38. The Balaban J connectivity index is 2.09. The van der Waals surface area contributed by atoms with Crippen molar-refractivity contribution >= 4 is 29.3 Å². The van der Waals surface area contributed by atoms with Crippen molar-refractivity contribution in [2.24, 2.45) is 0 Å². The summed E-state index contributed by atoms with van der Waals surface area (Å²) >= 11 is 3.22. The molecular formula is C17H18O3S2. The summed E-state index contributed by atoms with van der Waals surface area (Å²) in [7, 11) is 0. The molecule has 22 heavy (non-hydrogen) atoms. The van der Waals surface area contributed by atoms with Crippen LogP contribution in [0.15, 0.2) is 58.3 Å². The number of thioether (sulfide) groups is 2. The molecule has 2 rings (SSSR count). The minimum absolute atomic E-state index is 0.0570. The fraction of sp³-hybridized carbons (Fsp3) is 0.235. The van der Waals surface area contributed by atoms with Gasteiger partial charge in [-0.1, -0.05) is 6.92 Å². The van der Waals surface area contributed by atoms with Crippen molar-refractivity contribution in [2.45, 2.75) is 34.1 Å². The normalized spacial score (nSPS) is 10.8. The lowest BCUT2D eigenvalue weighted by Gasteiger charge is -2.15. The first-order valence-electron chi connectivity index (χ1n) is 7.00. The van der Waals surface area contributed by atoms with Gasteiger partial charge in [0.05, 0.1) is 4.58 Å². The lowest BCUT2D eigenvalue weighted by atomic mass is 10.2. The van der Waals surface area contributed by atoms with E-state index >= 15 is 0 Å². The molecule has 0 radical (unpaired) electrons. The molecule has 0 unspecified atom stereocenters. The van der Waals surface area contributed by atoms with Gasteiger partial charge in [0.25, 0.3) is 0 Å². The topological polar surface area (TPSA) is 57.5 Å². The van der Waals surface area contributed by atoms with Gasteiger partial charge in [0, 0.05) is 22.6 Å². The molecule has 0 heterocycles. The Kier molecular flexibility index (Phi) is 6.21. The minimum Gasteiger partial charge on any atom is -0.508 e. The lowest BCUT2D eigenvalue weighted by Crippen LogP contribution is -2.06. The van der Waals surface area contributed by atoms with Crippen LogP contribution in [0.25, 0.3) is 0 Å². The monoisotopic (exact) mass is 334 g/mol. The van der Waals surface area contributed by atoms with E-state index in [0.29, 0.717) is 12.8 Å². The van der Waals surface area contributed by atoms with Crippen molar-refractivity contribution in [3.8, 4) is 11.5 Å². The molecule has 0 aliphatic heterocycles. The van der Waals surface area contributed by atoms with Crippen molar-refractivity contribution in [2.75, 3.05) is 0 Å². The predicted octanol–water partition coefficient (Wildman–Crippen LogP) is 4.68. The number of aromatic hydroxyl groups is 2. The van der Waals surface area contributed by atoms with Crippen molar-refractivity contribution < 1.29 is 15.0 Å². The van der Waals surface area contributed by atoms with E-state index in [-0.39, 0.29) is 21.9 Å². The number of phenolic OH excluding ortho intramolecular Hbond substituents is 2. The zero-order chi connectivity index (χ0) is 15.9. The van der Waals surface area contributed by atoms with E-state index in [1.165, 1.54) is 0 Å². The van der Waals surface area contributed by atoms with Crippen LogP contribution in [0.5, 0.6) is 11.5 Å². The molecule has 0 spiro atoms. The molecule has 0 saturated heterocycles. The zero-order valence-corrected chi connectivity index (χ0v) is 13.9. The summed E-state index contributed by atoms with van der Waals surface area (Å²) in [6.07, 6.45) is 1.01. The summed E-state index contributed by atoms with van der Waals surface area (Å²) in [5.74, 6) is 0.691. The Hall–Kier alpha value is -1.59. The van der Waals surface area contributed by atoms with Crippen LogP contribution in [0, 0.1) is 0 Å². The maximum Gasteiger partial charge on any atom is 0.134 e. The highest BCUT2D eigenvalue weighted by molar-refractivity contribution is 8.17. The van der Waals surface area contributed by atoms with Gasteiger partial charge in [0.2, 0.25) is 0 Å². The highest BCUT2D eigenvalue weighted by Crippen LogP contribution is 2.38. The van der Waals surface area contributed by atoms with E-state index < -0.39 is 0 Å². The second-order valence-corrected chi connectivity index (χ2v) is 7.60. The van der Waals surface area contributed by atoms with Gasteiger partial charge in [-0.25, -0.2) is 0 Å². The molecule has 0 amide bonds. The number of carbonyl (C=O) groups is 1. The maximum atomic E-state index is 11.8. The third-order valence-electron chi connectivity index (χ3n) is 3.00. The molecule has 116 valence electrons. The van der Waals surface area contributed by atoms with Crippen LogP contribution in [0.1, 0.15) is 19.8 Å². The van der Waals surface area contributed by atoms with Crippen molar-refractivity contribution in [3.63, 3.8) is 0 Å². The number of Topliss-reactive ketones (excluding diaryl/α,β-unsaturated/α-hetero) is 1. The zero-order valence-electron chi connectivity index (χ0n) is 12.2. The summed E-state index contributed by atoms with van der Waals surface area (Å²) in [6, 6.07) is 14.0. The van der Waals surface area contributed by atoms with E-state index in [4.69, 9.17) is 0 Å². The third-order valence-corrected chi connectivity index (χ3v) is 5.52. The first kappa shape index (κ1) is 16.8. The van der Waals surface area contributed by atoms with Crippen molar-refractivity contribution in [1.82, 2.24) is 0 Å². The first-order chi connectivity index (χ1) is 10.6. The average Bonchev–Trinajstić information content (AvgIpc) is 2.51. The van der Waals surface area contributed by atoms with Gasteiger partial charge in [-0.05, 0) is 48.5 Å². The summed E-state index contributed by atoms with van der Waals surface area (Å²) < 4.78 is 0.0570. The van der Waals surface area contributed by atoms with Crippen LogP contribution in [-0.4, -0.2) is 20.6 Å². The van der Waals surface area contributed by atoms with Crippen LogP contribution in [0.2, 0.25) is 0 Å². The van der Waals surface area contributed by atoms with Crippen LogP contribution in [-0.2, 0) is 4.79 Å². The Morgan fingerprint density at radius 1 is 0.909 bits per heavy atom. The second kappa shape index (κ2) is 8.15. The Bertz CT molecular complexity index is 561. The Labute approximate surface area is 138 Å². The number of benzene rings is 2. The van der Waals surface area contributed by atoms with E-state index in [0.717, 1.165) is 9.79 Å². The lowest BCUT2D eigenvalue weighted by molar-refractivity contribution is -0.118. The van der Waals surface area contributed by atoms with Crippen LogP contribution in [0.3, 0.4) is 0 Å². The highest BCUT2D eigenvalue weighted by Gasteiger charge is 2.16. The summed E-state index contributed by atoms with van der Waals surface area (Å²) in [6.45, 7) is 1.87. The molecular weight excluding hydrogens is 316 g/mol. The van der Waals surface area contributed by atoms with Gasteiger partial charge in [0.15, 0.2) is 0 Å². The van der Waals surface area contributed by atoms with Gasteiger partial charge >= 0.3 is 0 Å². The van der Waals surface area contributed by atoms with E-state index in [9.17, 15) is 15.0 Å². The van der Waals surface area contributed by atoms with Gasteiger partial charge in [-0.3, -0.25) is 4.79 Å². The number of hydrogen-bond acceptors (Lipinski definition) is 5. The Morgan fingerprint density at radius 3 is 1.68 bits per heavy atom. The third kappa shape index (κ3) is 5.31. The number of ketones is 1. The SMILES string of the molecule is CCC(=O)CC(Sc1ccc(O)cc1)Sc1ccc(O)cc1. The number of phenols is 2. The smallest absolute Gasteiger partial charge is 0.134 e. The molecule has 0 saturated carbocycles. The van der Waals surface area contributed by atoms with Crippen molar-refractivity contribution in [1.29, 1.82) is 0 Å². The number of hydrogen-bond donors (Lipinski definition) is 2. The molecule has 2 aromatic carbocycles. The summed E-state index contributed by atoms with van der Waals surface area (Å²) in [5, 5.41) is 18.7. The van der Waals surface area contributed by atoms with E-state index in [2.05, 4.69) is 0 Å². The molecule has 5 heteroatoms. The summed E-state index contributed by atoms with van der Waals surface area (Å²) in [4.78, 5) is 13.8. The molecule has 0 aliphatic carbocycles. The largest absolute Gasteiger partial charge is 0.508 e. The molecule has 3 nitrogen and oxygen atoms in total. The first-order valence-corrected chi connectivity index (χ1v) is 8.76. The molecule has 0 fully saturated rings. The molecule has 2 N–H and O–H groups in total. The summed E-state index contributed by atoms with van der Waals surface area (Å²) in [5.41, 5.74) is 0. The quantitative estimate of drug-likeness (QED) is 0.569. The fourth-order valence-electron chi connectivity index (χ4n) is 1.79. The maximum absolute atomic E-state index is 11.8. The van der Waals surface area contributed by atoms with Crippen LogP contribution < -0.4 is 0 Å². The minimum atomic E-state index is 0.0570. The standard InChI is InChI=1S/C17H18O3S2/c1-2-12(18)11-17(21-15-7-3-13(19)4-8-15)22-16-9-5-14(20)6-10-16/h3-10,17,19-20H,2,11H2,1H3. The van der Waals surface area contributed by atoms with Crippen LogP contribution in [0.4, 0.5) is 0 Å². The molecule has 0 aliphatic rings. The number of carbonyl (C=O) groups excluding carboxylic acids is 1. The predicted molar refractivity (Wildman–Crippen MR) is 91.6 cm³/mol. The molecule has 0 atom stereocenters. The van der Waals surface area contributed by atoms with Crippen molar-refractivity contribution in [3.05, 3.63) is 48.5 Å². The second-order valence-electron chi connectivity index (χ2n) is 4.75. The molecule has 0 aromatic heterocycles. The van der Waals surface area contributed by atoms with Crippen LogP contribution >= 0.6 is 23.5 Å². The van der Waals surface area contributed by atoms with Gasteiger partial charge in [-0.15, -0.1) is 23.5 Å². The molecule has 2 aromatic rings. The van der Waals surface area contributed by atoms with Gasteiger partial charge in [-0.2, -0.15) is 0 Å².